The maximum absolute atomic E-state index is 12.3. The molecule has 0 spiro atoms. The van der Waals surface area contributed by atoms with Crippen LogP contribution in [0.5, 0.6) is 0 Å². The van der Waals surface area contributed by atoms with Gasteiger partial charge in [-0.3, -0.25) is 67.2 Å². The largest absolute Gasteiger partial charge is 0.350 e. The summed E-state index contributed by atoms with van der Waals surface area (Å²) in [7, 11) is 17.7. The number of carbonyl (C=O) groups is 13. The summed E-state index contributed by atoms with van der Waals surface area (Å²) < 4.78 is 0. The first kappa shape index (κ1) is 133. The van der Waals surface area contributed by atoms with Gasteiger partial charge in [-0.15, -0.1) is 0 Å². The van der Waals surface area contributed by atoms with Crippen LogP contribution in [0.15, 0.2) is 91.0 Å². The topological polar surface area (TPSA) is 264 Å². The van der Waals surface area contributed by atoms with Crippen LogP contribution in [-0.4, -0.2) is 432 Å². The number of nitrogens with zero attached hydrogens (tertiary/aromatic N) is 13. The molecule has 3 aromatic rings. The Labute approximate surface area is 822 Å². The summed E-state index contributed by atoms with van der Waals surface area (Å²) in [4.78, 5) is 168. The van der Waals surface area contributed by atoms with E-state index >= 15 is 0 Å². The van der Waals surface area contributed by atoms with E-state index in [0.717, 1.165) is 304 Å². The molecule has 129 heavy (non-hydrogen) atoms. The lowest BCUT2D eigenvalue weighted by molar-refractivity contribution is -0.135. The number of anilines is 1. The highest BCUT2D eigenvalue weighted by Gasteiger charge is 2.25. The molecular formula is C90H187N13O13Si13. The first-order valence-corrected chi connectivity index (χ1v) is 66.8. The van der Waals surface area contributed by atoms with Gasteiger partial charge in [-0.25, -0.2) is 0 Å². The fourth-order valence-electron chi connectivity index (χ4n) is 13.7. The van der Waals surface area contributed by atoms with Gasteiger partial charge in [0.15, 0.2) is 0 Å². The number of Topliss-reactive ketones (excluding diaryl/α,β-unsaturated/α-hetero) is 1. The number of carbonyl (C=O) groups excluding carboxylic acids is 13. The number of piperidine rings is 1. The molecule has 3 aromatic carbocycles. The average Bonchev–Trinajstić information content (AvgIpc) is 1.35. The van der Waals surface area contributed by atoms with Crippen LogP contribution < -0.4 is 4.90 Å². The van der Waals surface area contributed by atoms with Crippen LogP contribution in [-0.2, 0) is 52.7 Å². The van der Waals surface area contributed by atoms with Crippen LogP contribution in [0.25, 0.3) is 0 Å². The van der Waals surface area contributed by atoms with E-state index in [1.165, 1.54) is 48.8 Å². The highest BCUT2D eigenvalue weighted by atomic mass is 28.2. The van der Waals surface area contributed by atoms with Gasteiger partial charge < -0.3 is 58.8 Å². The summed E-state index contributed by atoms with van der Waals surface area (Å²) in [5.74, 6) is 3.28. The Balaban J connectivity index is -0.000000320. The van der Waals surface area contributed by atoms with Crippen molar-refractivity contribution in [2.45, 2.75) is 239 Å². The summed E-state index contributed by atoms with van der Waals surface area (Å²) in [5.41, 5.74) is 2.51. The molecule has 12 amide bonds. The van der Waals surface area contributed by atoms with Crippen molar-refractivity contribution < 1.29 is 62.3 Å². The highest BCUT2D eigenvalue weighted by Crippen LogP contribution is 2.23. The number of amides is 12. The minimum absolute atomic E-state index is 0.00752. The van der Waals surface area contributed by atoms with Crippen molar-refractivity contribution in [2.75, 3.05) is 145 Å². The number of para-hydroxylation sites is 1. The van der Waals surface area contributed by atoms with E-state index in [1.807, 2.05) is 205 Å². The Morgan fingerprint density at radius 1 is 0.403 bits per heavy atom. The molecule has 0 atom stereocenters. The summed E-state index contributed by atoms with van der Waals surface area (Å²) in [5, 5.41) is 0. The fourth-order valence-corrected chi connectivity index (χ4v) is 24.1. The summed E-state index contributed by atoms with van der Waals surface area (Å²) in [6.07, 6.45) is 26.5. The second kappa shape index (κ2) is 82.4. The number of ketones is 1. The SMILES string of the molecule is CC(=O)N(C)C[SiH3].CC(=O)N(C)C[SiH3].CC(=O)N(C[SiH3])C(C)(C)C.CC(=O)N(C[SiH3])C(C)C.CC(=O)N(C[SiH3])C1CCCC1.CC(C)C(=O)N(C[SiH3])C(C)C.CCC(=O)N(CC)C[SiH3].CCN(C[SiH3])C(=O)c1ccccc1.CCN(C[SiH3])C(C)=O.O=C(c1ccccc1)N(C[SiH3])c1ccccc1.O=C1CCCCN(C[SiH3])C1.O=C1CCCCN1C[SiH3].O=C1CCCN1C[SiH3]. The highest BCUT2D eigenvalue weighted by molar-refractivity contribution is 6.17. The van der Waals surface area contributed by atoms with Crippen molar-refractivity contribution >= 4 is 216 Å². The molecule has 742 valence electrons. The first-order valence-electron chi connectivity index (χ1n) is 48.4. The van der Waals surface area contributed by atoms with E-state index in [0.29, 0.717) is 42.1 Å². The van der Waals surface area contributed by atoms with Crippen LogP contribution in [0.2, 0.25) is 0 Å². The molecule has 3 aliphatic heterocycles. The van der Waals surface area contributed by atoms with Crippen molar-refractivity contribution in [3.05, 3.63) is 102 Å². The average molecular weight is 2020 g/mol. The molecular weight excluding hydrogens is 1840 g/mol. The second-order valence-electron chi connectivity index (χ2n) is 33.1. The minimum atomic E-state index is 0.00752. The lowest BCUT2D eigenvalue weighted by Gasteiger charge is -2.33. The molecule has 39 heteroatoms. The van der Waals surface area contributed by atoms with E-state index in [4.69, 9.17) is 0 Å². The number of hydrogen-bond donors (Lipinski definition) is 0. The summed E-state index contributed by atoms with van der Waals surface area (Å²) >= 11 is 0. The molecule has 0 radical (unpaired) electrons. The number of likely N-dealkylation sites (tertiary alicyclic amines) is 3. The zero-order chi connectivity index (χ0) is 100. The molecule has 1 aliphatic carbocycles. The van der Waals surface area contributed by atoms with Crippen molar-refractivity contribution in [2.24, 2.45) is 5.92 Å². The van der Waals surface area contributed by atoms with Crippen LogP contribution in [0.3, 0.4) is 0 Å². The third kappa shape index (κ3) is 64.3. The normalized spacial score (nSPS) is 13.2. The van der Waals surface area contributed by atoms with Gasteiger partial charge in [0.1, 0.15) is 5.78 Å². The predicted molar refractivity (Wildman–Crippen MR) is 591 cm³/mol. The van der Waals surface area contributed by atoms with E-state index in [9.17, 15) is 62.3 Å². The monoisotopic (exact) mass is 2020 g/mol. The van der Waals surface area contributed by atoms with Gasteiger partial charge >= 0.3 is 0 Å². The molecule has 3 heterocycles. The quantitative estimate of drug-likeness (QED) is 0.0773. The van der Waals surface area contributed by atoms with Gasteiger partial charge in [0.05, 0.1) is 6.54 Å². The van der Waals surface area contributed by atoms with Crippen molar-refractivity contribution in [3.8, 4) is 0 Å². The standard InChI is InChI=1S/C14H15NOSi.C10H15NOSi.C8H17NOSi.C8H19NOSi.C7H15NOSi.C7H17NOSi.C6H13NOSi.2C6H15NOSi.C5H11NOSi.C5H13NOSi.2C4H11NOSi/c16-14(12-7-3-1-4-8-12)15(11-17)13-9-5-2-6-10-13;1-2-11(8-13)10(12)9-6-4-3-5-7-9;1-7(10)9(6-11)8-4-2-3-5-8;1-6(2)8(10)9(5-11)7(3)4;9-7-3-1-2-4-8(5-7)6-10;1-6(9)8(5-10)7(2,3)4;8-6-3-1-2-4-7(6)5-9;1-5(2)7(4-9)6(3)8;1-3-6(8)7(4-2)5-9;7-5-2-1-3-6(5)4-8;1-3-6(4-8)5(2)7;2*1-4(6)5(2)3-7/h1-10H,11H2,17H3;3-7H,2,8H2,1,13H3;8H,2-6H2,1,11H3;6-7H,5H2,1-4,11H3;1-6H2,10H3;5H2,1-4,10H3;1-5H2,9H3;5H,4H2,1-3,9H3;3-5H2,1-2,9H3;1-4H2,8H3;3-4H2,1-2,8H3;2*3H2,1-2,7H3. The second-order valence-corrected chi connectivity index (χ2v) is 41.3. The molecule has 0 bridgehead atoms. The summed E-state index contributed by atoms with van der Waals surface area (Å²) in [6, 6.07) is 30.0. The third-order valence-electron chi connectivity index (χ3n) is 21.9. The van der Waals surface area contributed by atoms with Gasteiger partial charge in [-0.05, 0) is 163 Å². The van der Waals surface area contributed by atoms with E-state index in [-0.39, 0.29) is 70.5 Å². The van der Waals surface area contributed by atoms with E-state index in [2.05, 4.69) is 44.4 Å². The first-order chi connectivity index (χ1) is 60.7. The minimum Gasteiger partial charge on any atom is -0.350 e. The lowest BCUT2D eigenvalue weighted by Crippen LogP contribution is -2.45. The Morgan fingerprint density at radius 3 is 1.04 bits per heavy atom. The molecule has 0 N–H and O–H groups in total. The van der Waals surface area contributed by atoms with Gasteiger partial charge in [0.2, 0.25) is 59.1 Å². The molecule has 4 aliphatic rings. The smallest absolute Gasteiger partial charge is 0.257 e. The molecule has 0 unspecified atom stereocenters. The molecule has 3 saturated heterocycles. The molecule has 26 nitrogen and oxygen atoms in total. The van der Waals surface area contributed by atoms with Crippen LogP contribution in [0, 0.1) is 5.92 Å². The molecule has 0 aromatic heterocycles. The van der Waals surface area contributed by atoms with Gasteiger partial charge in [-0.2, -0.15) is 0 Å². The van der Waals surface area contributed by atoms with Crippen molar-refractivity contribution in [3.63, 3.8) is 0 Å². The van der Waals surface area contributed by atoms with E-state index in [1.54, 1.807) is 51.3 Å². The maximum Gasteiger partial charge on any atom is 0.257 e. The Morgan fingerprint density at radius 2 is 0.806 bits per heavy atom. The van der Waals surface area contributed by atoms with Crippen molar-refractivity contribution in [1.82, 2.24) is 58.8 Å². The Kier molecular flexibility index (Phi) is 85.3. The number of rotatable bonds is 24. The van der Waals surface area contributed by atoms with Crippen molar-refractivity contribution in [1.29, 1.82) is 0 Å². The zero-order valence-corrected chi connectivity index (χ0v) is 114. The van der Waals surface area contributed by atoms with Gasteiger partial charge in [0, 0.05) is 368 Å². The zero-order valence-electron chi connectivity index (χ0n) is 87.9. The Hall–Kier alpha value is -6.25. The van der Waals surface area contributed by atoms with Gasteiger partial charge in [0.25, 0.3) is 11.8 Å². The van der Waals surface area contributed by atoms with Crippen LogP contribution >= 0.6 is 0 Å². The van der Waals surface area contributed by atoms with Gasteiger partial charge in [-0.1, -0.05) is 88.2 Å². The Bertz CT molecular complexity index is 3470. The molecule has 4 fully saturated rings. The maximum atomic E-state index is 12.3. The lowest BCUT2D eigenvalue weighted by atomic mass is 10.1. The van der Waals surface area contributed by atoms with Crippen LogP contribution in [0.1, 0.15) is 236 Å². The third-order valence-corrected chi connectivity index (χ3v) is 31.8. The summed E-state index contributed by atoms with van der Waals surface area (Å²) in [6.45, 7) is 42.4. The number of hydrogen-bond acceptors (Lipinski definition) is 14. The van der Waals surface area contributed by atoms with Crippen LogP contribution in [0.4, 0.5) is 5.69 Å². The fraction of sp³-hybridized carbons (Fsp3) is 0.656. The molecule has 7 rings (SSSR count). The van der Waals surface area contributed by atoms with E-state index < -0.39 is 0 Å². The molecule has 1 saturated carbocycles. The number of benzene rings is 3. The predicted octanol–water partition coefficient (Wildman–Crippen LogP) is -4.11.